The number of amides is 2. The highest BCUT2D eigenvalue weighted by molar-refractivity contribution is 6.45. The van der Waals surface area contributed by atoms with Crippen molar-refractivity contribution in [3.8, 4) is 5.75 Å². The maximum atomic E-state index is 13.5. The zero-order valence-corrected chi connectivity index (χ0v) is 17.8. The highest BCUT2D eigenvalue weighted by Gasteiger charge is 2.42. The molecule has 1 saturated heterocycles. The van der Waals surface area contributed by atoms with Gasteiger partial charge in [0.1, 0.15) is 11.4 Å². The summed E-state index contributed by atoms with van der Waals surface area (Å²) in [5, 5.41) is 0. The number of rotatable bonds is 5. The van der Waals surface area contributed by atoms with Gasteiger partial charge in [-0.25, -0.2) is 4.90 Å². The Hall–Kier alpha value is -3.08. The van der Waals surface area contributed by atoms with Gasteiger partial charge in [0.15, 0.2) is 0 Å². The van der Waals surface area contributed by atoms with Gasteiger partial charge in [0.2, 0.25) is 0 Å². The molecule has 30 heavy (non-hydrogen) atoms. The number of likely N-dealkylation sites (tertiary alicyclic amines) is 1. The van der Waals surface area contributed by atoms with Gasteiger partial charge >= 0.3 is 0 Å². The first-order chi connectivity index (χ1) is 14.5. The minimum Gasteiger partial charge on any atom is -0.491 e. The molecule has 0 aliphatic carbocycles. The zero-order chi connectivity index (χ0) is 21.3. The maximum absolute atomic E-state index is 13.5. The largest absolute Gasteiger partial charge is 0.491 e. The average molecular weight is 405 g/mol. The van der Waals surface area contributed by atoms with Gasteiger partial charge in [-0.2, -0.15) is 0 Å². The summed E-state index contributed by atoms with van der Waals surface area (Å²) in [5.74, 6) is 0.880. The predicted octanol–water partition coefficient (Wildman–Crippen LogP) is 4.49. The molecule has 4 rings (SSSR count). The van der Waals surface area contributed by atoms with E-state index in [9.17, 15) is 9.59 Å². The molecule has 0 bridgehead atoms. The van der Waals surface area contributed by atoms with Crippen molar-refractivity contribution in [2.24, 2.45) is 5.92 Å². The van der Waals surface area contributed by atoms with Crippen molar-refractivity contribution in [3.05, 3.63) is 65.9 Å². The summed E-state index contributed by atoms with van der Waals surface area (Å²) in [6, 6.07) is 16.6. The van der Waals surface area contributed by atoms with Crippen LogP contribution < -0.4 is 9.64 Å². The van der Waals surface area contributed by atoms with E-state index in [2.05, 4.69) is 11.8 Å². The predicted molar refractivity (Wildman–Crippen MR) is 118 cm³/mol. The summed E-state index contributed by atoms with van der Waals surface area (Å²) in [5.41, 5.74) is 2.35. The van der Waals surface area contributed by atoms with Gasteiger partial charge in [-0.05, 0) is 62.4 Å². The number of piperidine rings is 1. The summed E-state index contributed by atoms with van der Waals surface area (Å²) < 4.78 is 5.74. The van der Waals surface area contributed by atoms with Crippen LogP contribution in [0.2, 0.25) is 0 Å². The minimum absolute atomic E-state index is 0.0734. The number of nitrogens with zero attached hydrogens (tertiary/aromatic N) is 2. The molecule has 0 atom stereocenters. The quantitative estimate of drug-likeness (QED) is 0.689. The summed E-state index contributed by atoms with van der Waals surface area (Å²) in [6.45, 7) is 7.76. The molecule has 0 spiro atoms. The Morgan fingerprint density at radius 2 is 1.53 bits per heavy atom. The lowest BCUT2D eigenvalue weighted by atomic mass is 9.97. The number of hydrogen-bond acceptors (Lipinski definition) is 4. The van der Waals surface area contributed by atoms with Gasteiger partial charge in [0.25, 0.3) is 11.8 Å². The fraction of sp³-hybridized carbons (Fsp3) is 0.360. The van der Waals surface area contributed by atoms with Crippen molar-refractivity contribution in [2.45, 2.75) is 39.7 Å². The first-order valence-corrected chi connectivity index (χ1v) is 10.7. The number of para-hydroxylation sites is 1. The average Bonchev–Trinajstić information content (AvgIpc) is 2.99. The molecule has 156 valence electrons. The Labute approximate surface area is 177 Å². The highest BCUT2D eigenvalue weighted by atomic mass is 16.5. The van der Waals surface area contributed by atoms with Crippen LogP contribution in [-0.2, 0) is 9.59 Å². The Morgan fingerprint density at radius 1 is 0.900 bits per heavy atom. The van der Waals surface area contributed by atoms with Crippen molar-refractivity contribution in [2.75, 3.05) is 18.0 Å². The molecule has 0 saturated carbocycles. The van der Waals surface area contributed by atoms with Crippen molar-refractivity contribution >= 4 is 23.1 Å². The normalized spacial score (nSPS) is 18.0. The van der Waals surface area contributed by atoms with Gasteiger partial charge in [-0.1, -0.05) is 37.3 Å². The third-order valence-electron chi connectivity index (χ3n) is 5.69. The van der Waals surface area contributed by atoms with E-state index in [4.69, 9.17) is 4.74 Å². The van der Waals surface area contributed by atoms with Crippen LogP contribution >= 0.6 is 0 Å². The van der Waals surface area contributed by atoms with Crippen molar-refractivity contribution in [1.29, 1.82) is 0 Å². The van der Waals surface area contributed by atoms with Crippen LogP contribution in [0.5, 0.6) is 5.75 Å². The number of benzene rings is 2. The summed E-state index contributed by atoms with van der Waals surface area (Å²) >= 11 is 0. The Morgan fingerprint density at radius 3 is 2.13 bits per heavy atom. The van der Waals surface area contributed by atoms with Crippen LogP contribution in [0.1, 0.15) is 39.2 Å². The fourth-order valence-corrected chi connectivity index (χ4v) is 4.09. The van der Waals surface area contributed by atoms with E-state index in [-0.39, 0.29) is 17.9 Å². The second kappa shape index (κ2) is 8.34. The monoisotopic (exact) mass is 404 g/mol. The Kier molecular flexibility index (Phi) is 5.62. The van der Waals surface area contributed by atoms with Crippen molar-refractivity contribution < 1.29 is 14.3 Å². The molecular formula is C25H28N2O3. The lowest BCUT2D eigenvalue weighted by Gasteiger charge is -2.32. The summed E-state index contributed by atoms with van der Waals surface area (Å²) in [6.07, 6.45) is 2.11. The van der Waals surface area contributed by atoms with E-state index in [1.807, 2.05) is 56.3 Å². The number of ether oxygens (including phenoxy) is 1. The van der Waals surface area contributed by atoms with E-state index in [0.717, 1.165) is 37.2 Å². The van der Waals surface area contributed by atoms with Crippen LogP contribution in [0.3, 0.4) is 0 Å². The number of anilines is 1. The first-order valence-electron chi connectivity index (χ1n) is 10.7. The second-order valence-corrected chi connectivity index (χ2v) is 8.37. The van der Waals surface area contributed by atoms with E-state index in [1.54, 1.807) is 12.1 Å². The molecule has 0 radical (unpaired) electrons. The van der Waals surface area contributed by atoms with Gasteiger partial charge in [-0.3, -0.25) is 9.59 Å². The number of imide groups is 1. The van der Waals surface area contributed by atoms with E-state index < -0.39 is 0 Å². The molecule has 2 aliphatic rings. The SMILES string of the molecule is CC1CCN(C2=C(c3ccc(OC(C)C)cc3)C(=O)N(c3ccccc3)C2=O)CC1. The molecule has 0 aromatic heterocycles. The van der Waals surface area contributed by atoms with Crippen LogP contribution in [0.4, 0.5) is 5.69 Å². The minimum atomic E-state index is -0.266. The standard InChI is InChI=1S/C25H28N2O3/c1-17(2)30-21-11-9-19(10-12-21)22-23(26-15-13-18(3)14-16-26)25(29)27(24(22)28)20-7-5-4-6-8-20/h4-12,17-18H,13-16H2,1-3H3. The fourth-order valence-electron chi connectivity index (χ4n) is 4.09. The first kappa shape index (κ1) is 20.2. The van der Waals surface area contributed by atoms with Gasteiger partial charge in [0.05, 0.1) is 17.4 Å². The van der Waals surface area contributed by atoms with E-state index >= 15 is 0 Å². The van der Waals surface area contributed by atoms with Gasteiger partial charge < -0.3 is 9.64 Å². The van der Waals surface area contributed by atoms with E-state index in [1.165, 1.54) is 4.90 Å². The van der Waals surface area contributed by atoms with Crippen molar-refractivity contribution in [1.82, 2.24) is 4.90 Å². The molecule has 2 aromatic rings. The molecule has 1 fully saturated rings. The molecule has 0 N–H and O–H groups in total. The molecule has 2 aliphatic heterocycles. The number of carbonyl (C=O) groups excluding carboxylic acids is 2. The topological polar surface area (TPSA) is 49.9 Å². The highest BCUT2D eigenvalue weighted by Crippen LogP contribution is 2.36. The maximum Gasteiger partial charge on any atom is 0.282 e. The molecular weight excluding hydrogens is 376 g/mol. The van der Waals surface area contributed by atoms with Gasteiger partial charge in [0, 0.05) is 13.1 Å². The molecule has 0 unspecified atom stereocenters. The van der Waals surface area contributed by atoms with Crippen LogP contribution in [0.15, 0.2) is 60.3 Å². The third-order valence-corrected chi connectivity index (χ3v) is 5.69. The third kappa shape index (κ3) is 3.84. The van der Waals surface area contributed by atoms with Crippen molar-refractivity contribution in [3.63, 3.8) is 0 Å². The number of hydrogen-bond donors (Lipinski definition) is 0. The van der Waals surface area contributed by atoms with Crippen LogP contribution in [0, 0.1) is 5.92 Å². The molecule has 2 amide bonds. The smallest absolute Gasteiger partial charge is 0.282 e. The van der Waals surface area contributed by atoms with Crippen LogP contribution in [-0.4, -0.2) is 35.9 Å². The van der Waals surface area contributed by atoms with Gasteiger partial charge in [-0.15, -0.1) is 0 Å². The zero-order valence-electron chi connectivity index (χ0n) is 17.8. The Balaban J connectivity index is 1.75. The second-order valence-electron chi connectivity index (χ2n) is 8.37. The molecule has 5 nitrogen and oxygen atoms in total. The van der Waals surface area contributed by atoms with E-state index in [0.29, 0.717) is 22.9 Å². The lowest BCUT2D eigenvalue weighted by molar-refractivity contribution is -0.120. The lowest BCUT2D eigenvalue weighted by Crippen LogP contribution is -2.38. The summed E-state index contributed by atoms with van der Waals surface area (Å²) in [4.78, 5) is 30.4. The summed E-state index contributed by atoms with van der Waals surface area (Å²) in [7, 11) is 0. The Bertz CT molecular complexity index is 956. The molecule has 2 aromatic carbocycles. The number of carbonyl (C=O) groups is 2. The van der Waals surface area contributed by atoms with Crippen LogP contribution in [0.25, 0.3) is 5.57 Å². The molecule has 5 heteroatoms. The molecule has 2 heterocycles.